The Bertz CT molecular complexity index is 981. The lowest BCUT2D eigenvalue weighted by atomic mass is 10.2. The molecular formula is C19H18F3N3O4S2. The molecule has 31 heavy (non-hydrogen) atoms. The minimum atomic E-state index is -5.01. The zero-order chi connectivity index (χ0) is 22.6. The van der Waals surface area contributed by atoms with Gasteiger partial charge < -0.3 is 9.80 Å². The van der Waals surface area contributed by atoms with Gasteiger partial charge in [-0.15, -0.1) is 11.8 Å². The average Bonchev–Trinajstić information content (AvgIpc) is 2.77. The highest BCUT2D eigenvalue weighted by Gasteiger charge is 2.39. The van der Waals surface area contributed by atoms with Crippen molar-refractivity contribution in [2.45, 2.75) is 15.3 Å². The molecule has 2 aromatic rings. The van der Waals surface area contributed by atoms with Gasteiger partial charge in [0.1, 0.15) is 0 Å². The summed E-state index contributed by atoms with van der Waals surface area (Å²) in [5.41, 5.74) is -4.56. The van der Waals surface area contributed by atoms with Gasteiger partial charge in [0, 0.05) is 37.9 Å². The lowest BCUT2D eigenvalue weighted by Crippen LogP contribution is -2.49. The Morgan fingerprint density at radius 1 is 1.10 bits per heavy atom. The van der Waals surface area contributed by atoms with Gasteiger partial charge in [-0.3, -0.25) is 14.9 Å². The minimum absolute atomic E-state index is 0.0456. The Morgan fingerprint density at radius 2 is 1.74 bits per heavy atom. The standard InChI is InChI=1S/C19H18F3N3O4S2/c20-19(21,22)31(29)15-6-7-17(16(12-15)25(27)28)30-13-18(26)24-10-8-23(9-11-24)14-4-2-1-3-5-14/h1-7,12H,8-11,13H2. The van der Waals surface area contributed by atoms with Crippen LogP contribution in [0.25, 0.3) is 0 Å². The lowest BCUT2D eigenvalue weighted by molar-refractivity contribution is -0.387. The molecule has 1 aliphatic rings. The van der Waals surface area contributed by atoms with E-state index in [2.05, 4.69) is 4.90 Å². The van der Waals surface area contributed by atoms with Gasteiger partial charge in [0.2, 0.25) is 5.91 Å². The van der Waals surface area contributed by atoms with E-state index in [1.54, 1.807) is 4.90 Å². The van der Waals surface area contributed by atoms with Crippen LogP contribution in [0, 0.1) is 10.1 Å². The van der Waals surface area contributed by atoms with Crippen LogP contribution >= 0.6 is 11.8 Å². The maximum atomic E-state index is 12.6. The number of rotatable bonds is 6. The molecule has 1 saturated heterocycles. The Labute approximate surface area is 182 Å². The summed E-state index contributed by atoms with van der Waals surface area (Å²) in [7, 11) is -3.37. The normalized spacial score (nSPS) is 15.6. The molecule has 1 fully saturated rings. The summed E-state index contributed by atoms with van der Waals surface area (Å²) in [5.74, 6) is -0.302. The SMILES string of the molecule is O=C(CSc1ccc(S(=O)C(F)(F)F)cc1[N+](=O)[O-])N1CCN(c2ccccc2)CC1. The van der Waals surface area contributed by atoms with E-state index in [0.29, 0.717) is 32.2 Å². The zero-order valence-electron chi connectivity index (χ0n) is 16.1. The van der Waals surface area contributed by atoms with Gasteiger partial charge in [-0.25, -0.2) is 4.21 Å². The summed E-state index contributed by atoms with van der Waals surface area (Å²) in [6, 6.07) is 12.5. The van der Waals surface area contributed by atoms with Crippen molar-refractivity contribution in [3.63, 3.8) is 0 Å². The number of nitro groups is 1. The molecule has 0 aromatic heterocycles. The molecule has 1 atom stereocenters. The number of piperazine rings is 1. The molecular weight excluding hydrogens is 455 g/mol. The molecule has 1 aliphatic heterocycles. The second-order valence-electron chi connectivity index (χ2n) is 6.59. The number of hydrogen-bond donors (Lipinski definition) is 0. The van der Waals surface area contributed by atoms with E-state index in [1.165, 1.54) is 0 Å². The number of para-hydroxylation sites is 1. The molecule has 1 amide bonds. The Hall–Kier alpha value is -2.60. The summed E-state index contributed by atoms with van der Waals surface area (Å²) in [6.45, 7) is 2.30. The molecule has 3 rings (SSSR count). The van der Waals surface area contributed by atoms with Crippen molar-refractivity contribution in [2.75, 3.05) is 36.8 Å². The fraction of sp³-hybridized carbons (Fsp3) is 0.316. The van der Waals surface area contributed by atoms with Crippen molar-refractivity contribution >= 4 is 39.8 Å². The van der Waals surface area contributed by atoms with Crippen molar-refractivity contribution in [1.82, 2.24) is 4.90 Å². The first-order chi connectivity index (χ1) is 14.7. The molecule has 0 N–H and O–H groups in total. The van der Waals surface area contributed by atoms with Crippen LogP contribution in [0.5, 0.6) is 0 Å². The first-order valence-electron chi connectivity index (χ1n) is 9.14. The van der Waals surface area contributed by atoms with E-state index in [4.69, 9.17) is 0 Å². The number of hydrogen-bond acceptors (Lipinski definition) is 6. The average molecular weight is 473 g/mol. The Morgan fingerprint density at radius 3 is 2.32 bits per heavy atom. The molecule has 7 nitrogen and oxygen atoms in total. The molecule has 0 aliphatic carbocycles. The quantitative estimate of drug-likeness (QED) is 0.362. The zero-order valence-corrected chi connectivity index (χ0v) is 17.7. The molecule has 166 valence electrons. The topological polar surface area (TPSA) is 83.8 Å². The summed E-state index contributed by atoms with van der Waals surface area (Å²) < 4.78 is 49.4. The molecule has 0 spiro atoms. The minimum Gasteiger partial charge on any atom is -0.368 e. The first-order valence-corrected chi connectivity index (χ1v) is 11.3. The third-order valence-electron chi connectivity index (χ3n) is 4.66. The monoisotopic (exact) mass is 473 g/mol. The molecule has 1 heterocycles. The summed E-state index contributed by atoms with van der Waals surface area (Å²) >= 11 is 0.876. The number of alkyl halides is 3. The van der Waals surface area contributed by atoms with Crippen LogP contribution in [0.15, 0.2) is 58.3 Å². The van der Waals surface area contributed by atoms with Gasteiger partial charge in [0.25, 0.3) is 5.69 Å². The molecule has 0 bridgehead atoms. The van der Waals surface area contributed by atoms with E-state index >= 15 is 0 Å². The van der Waals surface area contributed by atoms with Crippen LogP contribution in [0.3, 0.4) is 0 Å². The predicted molar refractivity (Wildman–Crippen MR) is 112 cm³/mol. The van der Waals surface area contributed by atoms with Crippen LogP contribution in [0.2, 0.25) is 0 Å². The molecule has 0 radical (unpaired) electrons. The highest BCUT2D eigenvalue weighted by Crippen LogP contribution is 2.34. The van der Waals surface area contributed by atoms with E-state index < -0.39 is 31.8 Å². The van der Waals surface area contributed by atoms with E-state index in [9.17, 15) is 32.3 Å². The number of thioether (sulfide) groups is 1. The van der Waals surface area contributed by atoms with Crippen molar-refractivity contribution in [1.29, 1.82) is 0 Å². The van der Waals surface area contributed by atoms with Gasteiger partial charge >= 0.3 is 5.51 Å². The number of amides is 1. The third kappa shape index (κ3) is 5.76. The summed E-state index contributed by atoms with van der Waals surface area (Å²) in [5, 5.41) is 11.3. The van der Waals surface area contributed by atoms with E-state index in [-0.39, 0.29) is 16.6 Å². The number of nitrogens with zero attached hydrogens (tertiary/aromatic N) is 3. The highest BCUT2D eigenvalue weighted by atomic mass is 32.2. The number of carbonyl (C=O) groups excluding carboxylic acids is 1. The number of anilines is 1. The van der Waals surface area contributed by atoms with Crippen LogP contribution in [0.1, 0.15) is 0 Å². The van der Waals surface area contributed by atoms with E-state index in [0.717, 1.165) is 29.6 Å². The van der Waals surface area contributed by atoms with Crippen LogP contribution in [-0.2, 0) is 15.6 Å². The molecule has 0 saturated carbocycles. The van der Waals surface area contributed by atoms with Gasteiger partial charge in [0.05, 0.1) is 20.5 Å². The smallest absolute Gasteiger partial charge is 0.368 e. The van der Waals surface area contributed by atoms with Crippen molar-refractivity contribution in [3.8, 4) is 0 Å². The number of benzene rings is 2. The fourth-order valence-corrected chi connectivity index (χ4v) is 4.68. The lowest BCUT2D eigenvalue weighted by Gasteiger charge is -2.36. The van der Waals surface area contributed by atoms with E-state index in [1.807, 2.05) is 30.3 Å². The summed E-state index contributed by atoms with van der Waals surface area (Å²) in [4.78, 5) is 26.1. The summed E-state index contributed by atoms with van der Waals surface area (Å²) in [6.07, 6.45) is 0. The van der Waals surface area contributed by atoms with Crippen molar-refractivity contribution in [2.24, 2.45) is 0 Å². The van der Waals surface area contributed by atoms with Gasteiger partial charge in [-0.05, 0) is 24.3 Å². The number of halogens is 3. The fourth-order valence-electron chi connectivity index (χ4n) is 3.09. The number of carbonyl (C=O) groups is 1. The largest absolute Gasteiger partial charge is 0.475 e. The van der Waals surface area contributed by atoms with Gasteiger partial charge in [-0.1, -0.05) is 18.2 Å². The first kappa shape index (κ1) is 23.1. The van der Waals surface area contributed by atoms with Crippen LogP contribution < -0.4 is 4.90 Å². The maximum Gasteiger partial charge on any atom is 0.475 e. The van der Waals surface area contributed by atoms with Gasteiger partial charge in [-0.2, -0.15) is 13.2 Å². The Balaban J connectivity index is 1.61. The van der Waals surface area contributed by atoms with Gasteiger partial charge in [0.15, 0.2) is 10.8 Å². The van der Waals surface area contributed by atoms with Crippen LogP contribution in [-0.4, -0.2) is 57.4 Å². The van der Waals surface area contributed by atoms with Crippen molar-refractivity contribution in [3.05, 3.63) is 58.6 Å². The number of nitro benzene ring substituents is 1. The van der Waals surface area contributed by atoms with Crippen LogP contribution in [0.4, 0.5) is 24.5 Å². The second-order valence-corrected chi connectivity index (χ2v) is 9.08. The molecule has 1 unspecified atom stereocenters. The molecule has 2 aromatic carbocycles. The second kappa shape index (κ2) is 9.69. The van der Waals surface area contributed by atoms with Crippen molar-refractivity contribution < 1.29 is 27.1 Å². The Kier molecular flexibility index (Phi) is 7.21. The molecule has 12 heteroatoms. The predicted octanol–water partition coefficient (Wildman–Crippen LogP) is 3.66. The maximum absolute atomic E-state index is 12.6. The third-order valence-corrected chi connectivity index (χ3v) is 6.81. The highest BCUT2D eigenvalue weighted by molar-refractivity contribution is 8.00.